The highest BCUT2D eigenvalue weighted by molar-refractivity contribution is 5.79. The molecule has 5 heteroatoms. The van der Waals surface area contributed by atoms with Crippen LogP contribution in [0.25, 0.3) is 0 Å². The molecule has 1 saturated carbocycles. The molecular weight excluding hydrogens is 256 g/mol. The Morgan fingerprint density at radius 3 is 2.65 bits per heavy atom. The van der Waals surface area contributed by atoms with Crippen LogP contribution in [0.15, 0.2) is 0 Å². The van der Waals surface area contributed by atoms with Crippen LogP contribution in [-0.4, -0.2) is 60.4 Å². The number of nitrogens with one attached hydrogen (secondary N) is 1. The molecular formula is C15H28N2O3. The lowest BCUT2D eigenvalue weighted by Crippen LogP contribution is -2.59. The molecule has 0 spiro atoms. The number of carboxylic acid groups (broad SMARTS) is 1. The number of rotatable bonds is 5. The van der Waals surface area contributed by atoms with Gasteiger partial charge in [0.05, 0.1) is 6.10 Å². The first-order chi connectivity index (χ1) is 9.61. The minimum atomic E-state index is -0.713. The van der Waals surface area contributed by atoms with Gasteiger partial charge in [-0.3, -0.25) is 4.79 Å². The van der Waals surface area contributed by atoms with Gasteiger partial charge in [0.25, 0.3) is 0 Å². The number of carboxylic acids is 1. The molecule has 1 saturated heterocycles. The third kappa shape index (κ3) is 3.32. The maximum absolute atomic E-state index is 11.7. The second kappa shape index (κ2) is 6.87. The summed E-state index contributed by atoms with van der Waals surface area (Å²) in [7, 11) is 1.78. The van der Waals surface area contributed by atoms with Gasteiger partial charge in [-0.15, -0.1) is 0 Å². The first-order valence-corrected chi connectivity index (χ1v) is 7.86. The Hall–Kier alpha value is -0.650. The molecule has 0 bridgehead atoms. The molecule has 2 fully saturated rings. The van der Waals surface area contributed by atoms with Crippen LogP contribution in [0, 0.1) is 0 Å². The van der Waals surface area contributed by atoms with E-state index in [0.29, 0.717) is 18.7 Å². The summed E-state index contributed by atoms with van der Waals surface area (Å²) < 4.78 is 5.41. The number of carbonyl (C=O) groups is 1. The Morgan fingerprint density at radius 1 is 1.40 bits per heavy atom. The SMILES string of the molecule is CCNC1(C(=O)O)CCCC(N2CCC(OC)CC2)C1. The smallest absolute Gasteiger partial charge is 0.323 e. The first-order valence-electron chi connectivity index (χ1n) is 7.86. The molecule has 2 unspecified atom stereocenters. The van der Waals surface area contributed by atoms with Gasteiger partial charge in [-0.05, 0) is 45.1 Å². The van der Waals surface area contributed by atoms with Crippen LogP contribution < -0.4 is 5.32 Å². The number of piperidine rings is 1. The summed E-state index contributed by atoms with van der Waals surface area (Å²) >= 11 is 0. The van der Waals surface area contributed by atoms with Gasteiger partial charge in [0.2, 0.25) is 0 Å². The van der Waals surface area contributed by atoms with E-state index in [1.54, 1.807) is 7.11 Å². The van der Waals surface area contributed by atoms with Gasteiger partial charge >= 0.3 is 5.97 Å². The quantitative estimate of drug-likeness (QED) is 0.800. The third-order valence-electron chi connectivity index (χ3n) is 4.98. The summed E-state index contributed by atoms with van der Waals surface area (Å²) in [6.45, 7) is 4.76. The first kappa shape index (κ1) is 15.7. The van der Waals surface area contributed by atoms with Crippen molar-refractivity contribution in [2.24, 2.45) is 0 Å². The summed E-state index contributed by atoms with van der Waals surface area (Å²) in [5.41, 5.74) is -0.713. The summed E-state index contributed by atoms with van der Waals surface area (Å²) in [5.74, 6) is -0.684. The van der Waals surface area contributed by atoms with E-state index in [4.69, 9.17) is 4.74 Å². The van der Waals surface area contributed by atoms with Crippen molar-refractivity contribution in [1.82, 2.24) is 10.2 Å². The van der Waals surface area contributed by atoms with Gasteiger partial charge in [0, 0.05) is 26.2 Å². The van der Waals surface area contributed by atoms with Crippen LogP contribution in [0.1, 0.15) is 45.4 Å². The molecule has 0 aromatic rings. The van der Waals surface area contributed by atoms with Crippen molar-refractivity contribution >= 4 is 5.97 Å². The van der Waals surface area contributed by atoms with Crippen LogP contribution in [0.2, 0.25) is 0 Å². The number of nitrogens with zero attached hydrogens (tertiary/aromatic N) is 1. The van der Waals surface area contributed by atoms with Crippen molar-refractivity contribution < 1.29 is 14.6 Å². The lowest BCUT2D eigenvalue weighted by atomic mass is 9.78. The largest absolute Gasteiger partial charge is 0.480 e. The van der Waals surface area contributed by atoms with E-state index in [9.17, 15) is 9.90 Å². The number of ether oxygens (including phenoxy) is 1. The lowest BCUT2D eigenvalue weighted by molar-refractivity contribution is -0.147. The highest BCUT2D eigenvalue weighted by Gasteiger charge is 2.44. The molecule has 116 valence electrons. The number of hydrogen-bond donors (Lipinski definition) is 2. The minimum absolute atomic E-state index is 0.382. The summed E-state index contributed by atoms with van der Waals surface area (Å²) in [6.07, 6.45) is 6.11. The molecule has 1 heterocycles. The summed E-state index contributed by atoms with van der Waals surface area (Å²) in [6, 6.07) is 0.400. The fraction of sp³-hybridized carbons (Fsp3) is 0.933. The van der Waals surface area contributed by atoms with Crippen molar-refractivity contribution in [1.29, 1.82) is 0 Å². The highest BCUT2D eigenvalue weighted by atomic mass is 16.5. The lowest BCUT2D eigenvalue weighted by Gasteiger charge is -2.44. The second-order valence-electron chi connectivity index (χ2n) is 6.14. The van der Waals surface area contributed by atoms with E-state index in [2.05, 4.69) is 10.2 Å². The van der Waals surface area contributed by atoms with Crippen molar-refractivity contribution in [3.05, 3.63) is 0 Å². The molecule has 2 aliphatic rings. The van der Waals surface area contributed by atoms with Crippen molar-refractivity contribution in [3.63, 3.8) is 0 Å². The number of likely N-dealkylation sites (N-methyl/N-ethyl adjacent to an activating group) is 1. The van der Waals surface area contributed by atoms with Gasteiger partial charge in [-0.2, -0.15) is 0 Å². The summed E-state index contributed by atoms with van der Waals surface area (Å²) in [5, 5.41) is 12.9. The topological polar surface area (TPSA) is 61.8 Å². The number of likely N-dealkylation sites (tertiary alicyclic amines) is 1. The molecule has 2 rings (SSSR count). The Morgan fingerprint density at radius 2 is 2.10 bits per heavy atom. The normalized spacial score (nSPS) is 33.2. The predicted octanol–water partition coefficient (Wildman–Crippen LogP) is 1.47. The molecule has 20 heavy (non-hydrogen) atoms. The van der Waals surface area contributed by atoms with Gasteiger partial charge in [0.1, 0.15) is 5.54 Å². The van der Waals surface area contributed by atoms with Gasteiger partial charge < -0.3 is 20.1 Å². The van der Waals surface area contributed by atoms with Crippen molar-refractivity contribution in [2.75, 3.05) is 26.7 Å². The highest BCUT2D eigenvalue weighted by Crippen LogP contribution is 2.33. The third-order valence-corrected chi connectivity index (χ3v) is 4.98. The van der Waals surface area contributed by atoms with Crippen LogP contribution in [0.4, 0.5) is 0 Å². The maximum atomic E-state index is 11.7. The van der Waals surface area contributed by atoms with E-state index < -0.39 is 11.5 Å². The van der Waals surface area contributed by atoms with E-state index in [0.717, 1.165) is 51.6 Å². The Bertz CT molecular complexity index is 325. The monoisotopic (exact) mass is 284 g/mol. The zero-order chi connectivity index (χ0) is 14.6. The fourth-order valence-corrected chi connectivity index (χ4v) is 3.80. The van der Waals surface area contributed by atoms with Gasteiger partial charge in [-0.25, -0.2) is 0 Å². The van der Waals surface area contributed by atoms with E-state index in [1.807, 2.05) is 6.92 Å². The predicted molar refractivity (Wildman–Crippen MR) is 77.9 cm³/mol. The molecule has 0 aromatic carbocycles. The molecule has 5 nitrogen and oxygen atoms in total. The molecule has 1 aliphatic heterocycles. The Labute approximate surface area is 121 Å². The van der Waals surface area contributed by atoms with Crippen LogP contribution >= 0.6 is 0 Å². The Balaban J connectivity index is 1.97. The molecule has 0 aromatic heterocycles. The zero-order valence-corrected chi connectivity index (χ0v) is 12.7. The van der Waals surface area contributed by atoms with Crippen LogP contribution in [0.3, 0.4) is 0 Å². The number of methoxy groups -OCH3 is 1. The number of aliphatic carboxylic acids is 1. The van der Waals surface area contributed by atoms with Crippen LogP contribution in [-0.2, 0) is 9.53 Å². The van der Waals surface area contributed by atoms with Crippen LogP contribution in [0.5, 0.6) is 0 Å². The zero-order valence-electron chi connectivity index (χ0n) is 12.7. The Kier molecular flexibility index (Phi) is 5.41. The van der Waals surface area contributed by atoms with Gasteiger partial charge in [-0.1, -0.05) is 6.92 Å². The van der Waals surface area contributed by atoms with E-state index in [1.165, 1.54) is 0 Å². The molecule has 0 radical (unpaired) electrons. The standard InChI is InChI=1S/C15H28N2O3/c1-3-16-15(14(18)19)8-4-5-12(11-15)17-9-6-13(20-2)7-10-17/h12-13,16H,3-11H2,1-2H3,(H,18,19). The molecule has 0 amide bonds. The average Bonchev–Trinajstić information content (AvgIpc) is 2.48. The fourth-order valence-electron chi connectivity index (χ4n) is 3.80. The van der Waals surface area contributed by atoms with Gasteiger partial charge in [0.15, 0.2) is 0 Å². The molecule has 1 aliphatic carbocycles. The van der Waals surface area contributed by atoms with E-state index >= 15 is 0 Å². The number of hydrogen-bond acceptors (Lipinski definition) is 4. The van der Waals surface area contributed by atoms with Crippen molar-refractivity contribution in [2.45, 2.75) is 63.1 Å². The summed E-state index contributed by atoms with van der Waals surface area (Å²) in [4.78, 5) is 14.2. The second-order valence-corrected chi connectivity index (χ2v) is 6.14. The minimum Gasteiger partial charge on any atom is -0.480 e. The average molecular weight is 284 g/mol. The maximum Gasteiger partial charge on any atom is 0.323 e. The van der Waals surface area contributed by atoms with Crippen molar-refractivity contribution in [3.8, 4) is 0 Å². The molecule has 2 N–H and O–H groups in total. The molecule has 2 atom stereocenters. The van der Waals surface area contributed by atoms with E-state index in [-0.39, 0.29) is 0 Å².